The van der Waals surface area contributed by atoms with Gasteiger partial charge < -0.3 is 19.3 Å². The SMILES string of the molecule is OCCC#Cc1ccsc1COc1ccc2c(c1)OCO2. The van der Waals surface area contributed by atoms with Crippen LogP contribution in [0, 0.1) is 11.8 Å². The fourth-order valence-corrected chi connectivity index (χ4v) is 2.63. The third kappa shape index (κ3) is 3.30. The minimum atomic E-state index is 0.0835. The minimum Gasteiger partial charge on any atom is -0.488 e. The van der Waals surface area contributed by atoms with Crippen LogP contribution < -0.4 is 14.2 Å². The highest BCUT2D eigenvalue weighted by Gasteiger charge is 2.14. The summed E-state index contributed by atoms with van der Waals surface area (Å²) in [5, 5.41) is 10.7. The second-order valence-electron chi connectivity index (χ2n) is 4.34. The number of aliphatic hydroxyl groups is 1. The number of aliphatic hydroxyl groups excluding tert-OH is 1. The first-order valence-corrected chi connectivity index (χ1v) is 7.43. The largest absolute Gasteiger partial charge is 0.488 e. The summed E-state index contributed by atoms with van der Waals surface area (Å²) in [7, 11) is 0. The van der Waals surface area contributed by atoms with Gasteiger partial charge in [-0.25, -0.2) is 0 Å². The molecule has 4 nitrogen and oxygen atoms in total. The van der Waals surface area contributed by atoms with E-state index in [9.17, 15) is 0 Å². The summed E-state index contributed by atoms with van der Waals surface area (Å²) in [4.78, 5) is 1.07. The maximum absolute atomic E-state index is 8.75. The average Bonchev–Trinajstić information content (AvgIpc) is 3.13. The molecule has 1 aliphatic heterocycles. The second kappa shape index (κ2) is 6.53. The van der Waals surface area contributed by atoms with E-state index in [0.29, 0.717) is 18.8 Å². The minimum absolute atomic E-state index is 0.0835. The number of fused-ring (bicyclic) bond motifs is 1. The number of benzene rings is 1. The van der Waals surface area contributed by atoms with Crippen LogP contribution in [0.2, 0.25) is 0 Å². The first kappa shape index (κ1) is 13.8. The van der Waals surface area contributed by atoms with E-state index in [2.05, 4.69) is 11.8 Å². The standard InChI is InChI=1S/C16H14O4S/c17-7-2-1-3-12-6-8-21-16(12)10-18-13-4-5-14-15(9-13)20-11-19-14/h4-6,8-9,17H,2,7,10-11H2. The van der Waals surface area contributed by atoms with Crippen molar-refractivity contribution in [1.82, 2.24) is 0 Å². The number of hydrogen-bond acceptors (Lipinski definition) is 5. The molecule has 0 radical (unpaired) electrons. The second-order valence-corrected chi connectivity index (χ2v) is 5.34. The zero-order valence-electron chi connectivity index (χ0n) is 11.3. The number of rotatable bonds is 4. The molecule has 3 rings (SSSR count). The van der Waals surface area contributed by atoms with Gasteiger partial charge in [0.15, 0.2) is 11.5 Å². The molecule has 108 valence electrons. The molecule has 0 fully saturated rings. The van der Waals surface area contributed by atoms with Crippen LogP contribution in [-0.2, 0) is 6.61 Å². The maximum Gasteiger partial charge on any atom is 0.231 e. The van der Waals surface area contributed by atoms with Crippen molar-refractivity contribution in [2.24, 2.45) is 0 Å². The van der Waals surface area contributed by atoms with Gasteiger partial charge in [-0.2, -0.15) is 0 Å². The van der Waals surface area contributed by atoms with Crippen molar-refractivity contribution >= 4 is 11.3 Å². The van der Waals surface area contributed by atoms with Gasteiger partial charge in [0.05, 0.1) is 11.5 Å². The fourth-order valence-electron chi connectivity index (χ4n) is 1.89. The Morgan fingerprint density at radius 1 is 1.24 bits per heavy atom. The summed E-state index contributed by atoms with van der Waals surface area (Å²) < 4.78 is 16.4. The Kier molecular flexibility index (Phi) is 4.29. The number of ether oxygens (including phenoxy) is 3. The van der Waals surface area contributed by atoms with Gasteiger partial charge in [-0.15, -0.1) is 11.3 Å². The fraction of sp³-hybridized carbons (Fsp3) is 0.250. The zero-order chi connectivity index (χ0) is 14.5. The van der Waals surface area contributed by atoms with Gasteiger partial charge in [-0.3, -0.25) is 0 Å². The van der Waals surface area contributed by atoms with E-state index in [1.807, 2.05) is 29.6 Å². The molecule has 0 saturated carbocycles. The van der Waals surface area contributed by atoms with Crippen molar-refractivity contribution in [3.05, 3.63) is 40.1 Å². The zero-order valence-corrected chi connectivity index (χ0v) is 12.1. The van der Waals surface area contributed by atoms with Gasteiger partial charge in [-0.1, -0.05) is 11.8 Å². The molecule has 21 heavy (non-hydrogen) atoms. The van der Waals surface area contributed by atoms with Crippen molar-refractivity contribution in [3.63, 3.8) is 0 Å². The lowest BCUT2D eigenvalue weighted by Crippen LogP contribution is -1.95. The highest BCUT2D eigenvalue weighted by Crippen LogP contribution is 2.35. The van der Waals surface area contributed by atoms with E-state index < -0.39 is 0 Å². The van der Waals surface area contributed by atoms with Gasteiger partial charge in [0.25, 0.3) is 0 Å². The molecule has 2 aromatic rings. The molecule has 0 amide bonds. The molecule has 0 atom stereocenters. The van der Waals surface area contributed by atoms with Crippen molar-refractivity contribution in [2.75, 3.05) is 13.4 Å². The van der Waals surface area contributed by atoms with Crippen molar-refractivity contribution in [1.29, 1.82) is 0 Å². The average molecular weight is 302 g/mol. The van der Waals surface area contributed by atoms with E-state index in [0.717, 1.165) is 21.9 Å². The first-order chi connectivity index (χ1) is 10.4. The molecule has 0 bridgehead atoms. The van der Waals surface area contributed by atoms with E-state index in [1.54, 1.807) is 11.3 Å². The summed E-state index contributed by atoms with van der Waals surface area (Å²) in [5.41, 5.74) is 0.953. The van der Waals surface area contributed by atoms with Crippen molar-refractivity contribution in [3.8, 4) is 29.1 Å². The molecule has 0 saturated heterocycles. The van der Waals surface area contributed by atoms with Gasteiger partial charge >= 0.3 is 0 Å². The summed E-state index contributed by atoms with van der Waals surface area (Å²) in [6.07, 6.45) is 0.484. The molecule has 1 aliphatic rings. The van der Waals surface area contributed by atoms with Gasteiger partial charge in [-0.05, 0) is 23.6 Å². The Labute approximate surface area is 126 Å². The smallest absolute Gasteiger partial charge is 0.231 e. The van der Waals surface area contributed by atoms with Crippen molar-refractivity contribution < 1.29 is 19.3 Å². The molecule has 1 aromatic carbocycles. The van der Waals surface area contributed by atoms with Crippen LogP contribution in [0.25, 0.3) is 0 Å². The maximum atomic E-state index is 8.75. The Balaban J connectivity index is 1.66. The Hall–Kier alpha value is -2.16. The molecule has 2 heterocycles. The van der Waals surface area contributed by atoms with Crippen LogP contribution in [0.1, 0.15) is 16.9 Å². The van der Waals surface area contributed by atoms with E-state index in [4.69, 9.17) is 19.3 Å². The number of hydrogen-bond donors (Lipinski definition) is 1. The molecule has 0 aliphatic carbocycles. The summed E-state index contributed by atoms with van der Waals surface area (Å²) in [6, 6.07) is 7.49. The molecule has 0 spiro atoms. The highest BCUT2D eigenvalue weighted by atomic mass is 32.1. The third-order valence-corrected chi connectivity index (χ3v) is 3.81. The Morgan fingerprint density at radius 3 is 3.05 bits per heavy atom. The van der Waals surface area contributed by atoms with Gasteiger partial charge in [0, 0.05) is 18.1 Å². The predicted octanol–water partition coefficient (Wildman–Crippen LogP) is 2.79. The van der Waals surface area contributed by atoms with Crippen LogP contribution >= 0.6 is 11.3 Å². The lowest BCUT2D eigenvalue weighted by atomic mass is 10.2. The summed E-state index contributed by atoms with van der Waals surface area (Å²) >= 11 is 1.61. The number of thiophene rings is 1. The lowest BCUT2D eigenvalue weighted by Gasteiger charge is -2.06. The highest BCUT2D eigenvalue weighted by molar-refractivity contribution is 7.10. The molecule has 5 heteroatoms. The van der Waals surface area contributed by atoms with E-state index in [1.165, 1.54) is 0 Å². The molecule has 1 N–H and O–H groups in total. The molecule has 1 aromatic heterocycles. The van der Waals surface area contributed by atoms with Crippen molar-refractivity contribution in [2.45, 2.75) is 13.0 Å². The molecular formula is C16H14O4S. The van der Waals surface area contributed by atoms with Gasteiger partial charge in [0.1, 0.15) is 12.4 Å². The normalized spacial score (nSPS) is 11.9. The monoisotopic (exact) mass is 302 g/mol. The topological polar surface area (TPSA) is 47.9 Å². The van der Waals surface area contributed by atoms with Gasteiger partial charge in [0.2, 0.25) is 6.79 Å². The summed E-state index contributed by atoms with van der Waals surface area (Å²) in [5.74, 6) is 8.16. The Morgan fingerprint density at radius 2 is 2.14 bits per heavy atom. The van der Waals surface area contributed by atoms with Crippen LogP contribution in [0.15, 0.2) is 29.6 Å². The molecular weight excluding hydrogens is 288 g/mol. The third-order valence-electron chi connectivity index (χ3n) is 2.92. The first-order valence-electron chi connectivity index (χ1n) is 6.55. The van der Waals surface area contributed by atoms with E-state index >= 15 is 0 Å². The quantitative estimate of drug-likeness (QED) is 0.882. The van der Waals surface area contributed by atoms with Crippen LogP contribution in [-0.4, -0.2) is 18.5 Å². The Bertz CT molecular complexity index is 681. The summed E-state index contributed by atoms with van der Waals surface area (Å²) in [6.45, 7) is 0.801. The van der Waals surface area contributed by atoms with Crippen LogP contribution in [0.3, 0.4) is 0 Å². The van der Waals surface area contributed by atoms with E-state index in [-0.39, 0.29) is 13.4 Å². The van der Waals surface area contributed by atoms with Crippen LogP contribution in [0.4, 0.5) is 0 Å². The molecule has 0 unspecified atom stereocenters. The lowest BCUT2D eigenvalue weighted by molar-refractivity contribution is 0.173. The predicted molar refractivity (Wildman–Crippen MR) is 79.8 cm³/mol. The van der Waals surface area contributed by atoms with Crippen LogP contribution in [0.5, 0.6) is 17.2 Å².